The van der Waals surface area contributed by atoms with Gasteiger partial charge in [0.15, 0.2) is 0 Å². The second kappa shape index (κ2) is 7.79. The minimum atomic E-state index is 0.102. The van der Waals surface area contributed by atoms with Gasteiger partial charge < -0.3 is 9.80 Å². The van der Waals surface area contributed by atoms with E-state index in [1.807, 2.05) is 42.3 Å². The second-order valence-corrected chi connectivity index (χ2v) is 6.87. The number of likely N-dealkylation sites (tertiary alicyclic amines) is 2. The van der Waals surface area contributed by atoms with E-state index >= 15 is 0 Å². The predicted molar refractivity (Wildman–Crippen MR) is 94.8 cm³/mol. The van der Waals surface area contributed by atoms with E-state index in [4.69, 9.17) is 0 Å². The molecule has 1 aromatic rings. The van der Waals surface area contributed by atoms with Crippen LogP contribution in [0.4, 0.5) is 5.69 Å². The van der Waals surface area contributed by atoms with Gasteiger partial charge in [-0.1, -0.05) is 18.2 Å². The Morgan fingerprint density at radius 3 is 2.29 bits per heavy atom. The van der Waals surface area contributed by atoms with Crippen molar-refractivity contribution < 1.29 is 9.59 Å². The third kappa shape index (κ3) is 3.96. The van der Waals surface area contributed by atoms with E-state index in [1.165, 1.54) is 0 Å². The summed E-state index contributed by atoms with van der Waals surface area (Å²) in [6.07, 6.45) is 4.03. The number of amides is 2. The van der Waals surface area contributed by atoms with Crippen LogP contribution in [0, 0.1) is 5.92 Å². The summed E-state index contributed by atoms with van der Waals surface area (Å²) < 4.78 is 0. The van der Waals surface area contributed by atoms with Crippen molar-refractivity contribution in [3.05, 3.63) is 30.3 Å². The Bertz CT molecular complexity index is 561. The van der Waals surface area contributed by atoms with Crippen molar-refractivity contribution in [2.75, 3.05) is 44.7 Å². The van der Waals surface area contributed by atoms with Crippen molar-refractivity contribution in [1.82, 2.24) is 9.80 Å². The molecule has 2 heterocycles. The smallest absolute Gasteiger partial charge is 0.240 e. The van der Waals surface area contributed by atoms with Crippen LogP contribution in [0.15, 0.2) is 30.3 Å². The average molecular weight is 329 g/mol. The van der Waals surface area contributed by atoms with E-state index in [1.54, 1.807) is 4.90 Å². The molecule has 24 heavy (non-hydrogen) atoms. The zero-order valence-electron chi connectivity index (χ0n) is 14.5. The molecule has 0 aliphatic carbocycles. The lowest BCUT2D eigenvalue weighted by Gasteiger charge is -2.33. The third-order valence-electron chi connectivity index (χ3n) is 5.23. The van der Waals surface area contributed by atoms with Crippen molar-refractivity contribution in [3.8, 4) is 0 Å². The topological polar surface area (TPSA) is 43.9 Å². The van der Waals surface area contributed by atoms with E-state index in [0.29, 0.717) is 12.5 Å². The first kappa shape index (κ1) is 17.0. The van der Waals surface area contributed by atoms with Crippen LogP contribution in [0.2, 0.25) is 0 Å². The molecule has 130 valence electrons. The second-order valence-electron chi connectivity index (χ2n) is 6.87. The Morgan fingerprint density at radius 1 is 1.04 bits per heavy atom. The summed E-state index contributed by atoms with van der Waals surface area (Å²) in [5.41, 5.74) is 0.918. The molecule has 1 aromatic carbocycles. The van der Waals surface area contributed by atoms with Crippen LogP contribution in [-0.4, -0.2) is 61.4 Å². The Morgan fingerprint density at radius 2 is 1.67 bits per heavy atom. The van der Waals surface area contributed by atoms with Crippen molar-refractivity contribution >= 4 is 17.5 Å². The minimum absolute atomic E-state index is 0.102. The first-order chi connectivity index (χ1) is 11.6. The lowest BCUT2D eigenvalue weighted by atomic mass is 9.95. The summed E-state index contributed by atoms with van der Waals surface area (Å²) >= 11 is 0. The van der Waals surface area contributed by atoms with E-state index in [2.05, 4.69) is 4.90 Å². The van der Waals surface area contributed by atoms with Gasteiger partial charge in [0.2, 0.25) is 11.8 Å². The van der Waals surface area contributed by atoms with E-state index in [0.717, 1.165) is 57.5 Å². The van der Waals surface area contributed by atoms with Gasteiger partial charge in [0, 0.05) is 31.7 Å². The molecular weight excluding hydrogens is 302 g/mol. The van der Waals surface area contributed by atoms with Crippen molar-refractivity contribution in [1.29, 1.82) is 0 Å². The molecule has 2 saturated heterocycles. The van der Waals surface area contributed by atoms with Crippen LogP contribution < -0.4 is 4.90 Å². The number of rotatable bonds is 4. The Hall–Kier alpha value is -1.88. The molecule has 0 spiro atoms. The molecule has 2 aliphatic rings. The lowest BCUT2D eigenvalue weighted by Crippen LogP contribution is -2.45. The zero-order valence-corrected chi connectivity index (χ0v) is 14.5. The summed E-state index contributed by atoms with van der Waals surface area (Å²) in [5, 5.41) is 0. The van der Waals surface area contributed by atoms with Gasteiger partial charge in [0.1, 0.15) is 0 Å². The largest absolute Gasteiger partial charge is 0.342 e. The quantitative estimate of drug-likeness (QED) is 0.848. The fourth-order valence-corrected chi connectivity index (χ4v) is 3.63. The number of anilines is 1. The molecule has 2 amide bonds. The van der Waals surface area contributed by atoms with Gasteiger partial charge in [-0.15, -0.1) is 0 Å². The van der Waals surface area contributed by atoms with Gasteiger partial charge in [-0.3, -0.25) is 14.5 Å². The lowest BCUT2D eigenvalue weighted by molar-refractivity contribution is -0.136. The Balaban J connectivity index is 1.46. The minimum Gasteiger partial charge on any atom is -0.342 e. The first-order valence-corrected chi connectivity index (χ1v) is 8.98. The van der Waals surface area contributed by atoms with Gasteiger partial charge >= 0.3 is 0 Å². The highest BCUT2D eigenvalue weighted by atomic mass is 16.2. The summed E-state index contributed by atoms with van der Waals surface area (Å²) in [5.74, 6) is 0.590. The summed E-state index contributed by atoms with van der Waals surface area (Å²) in [6, 6.07) is 9.71. The number of piperidine rings is 1. The monoisotopic (exact) mass is 329 g/mol. The number of benzene rings is 1. The van der Waals surface area contributed by atoms with Crippen LogP contribution >= 0.6 is 0 Å². The van der Waals surface area contributed by atoms with Crippen LogP contribution in [0.3, 0.4) is 0 Å². The molecule has 0 N–H and O–H groups in total. The molecule has 0 saturated carbocycles. The maximum Gasteiger partial charge on any atom is 0.240 e. The fraction of sp³-hybridized carbons (Fsp3) is 0.579. The molecular formula is C19H27N3O2. The average Bonchev–Trinajstić information content (AvgIpc) is 3.16. The molecule has 0 unspecified atom stereocenters. The van der Waals surface area contributed by atoms with Gasteiger partial charge in [0.25, 0.3) is 0 Å². The van der Waals surface area contributed by atoms with Crippen LogP contribution in [0.25, 0.3) is 0 Å². The molecule has 0 atom stereocenters. The van der Waals surface area contributed by atoms with Gasteiger partial charge in [-0.2, -0.15) is 0 Å². The molecule has 0 aromatic heterocycles. The van der Waals surface area contributed by atoms with E-state index in [9.17, 15) is 9.59 Å². The number of likely N-dealkylation sites (N-methyl/N-ethyl adjacent to an activating group) is 1. The highest BCUT2D eigenvalue weighted by Crippen LogP contribution is 2.22. The molecule has 0 bridgehead atoms. The van der Waals surface area contributed by atoms with Crippen LogP contribution in [0.1, 0.15) is 25.7 Å². The number of carbonyl (C=O) groups excluding carboxylic acids is 2. The SMILES string of the molecule is CN(C(=O)CN1CCC(C(=O)N2CCCC2)CC1)c1ccccc1. The first-order valence-electron chi connectivity index (χ1n) is 8.98. The summed E-state index contributed by atoms with van der Waals surface area (Å²) in [6.45, 7) is 3.95. The number of carbonyl (C=O) groups is 2. The Labute approximate surface area is 144 Å². The van der Waals surface area contributed by atoms with Gasteiger partial charge in [-0.05, 0) is 50.9 Å². The highest BCUT2D eigenvalue weighted by Gasteiger charge is 2.30. The molecule has 5 nitrogen and oxygen atoms in total. The summed E-state index contributed by atoms with van der Waals surface area (Å²) in [4.78, 5) is 30.8. The summed E-state index contributed by atoms with van der Waals surface area (Å²) in [7, 11) is 1.82. The maximum atomic E-state index is 12.5. The van der Waals surface area contributed by atoms with E-state index in [-0.39, 0.29) is 11.8 Å². The van der Waals surface area contributed by atoms with Crippen LogP contribution in [0.5, 0.6) is 0 Å². The predicted octanol–water partition coefficient (Wildman–Crippen LogP) is 1.98. The van der Waals surface area contributed by atoms with Gasteiger partial charge in [-0.25, -0.2) is 0 Å². The molecule has 3 rings (SSSR count). The standard InChI is InChI=1S/C19H27N3O2/c1-20(17-7-3-2-4-8-17)18(23)15-21-13-9-16(10-14-21)19(24)22-11-5-6-12-22/h2-4,7-8,16H,5-6,9-15H2,1H3. The molecule has 5 heteroatoms. The molecule has 2 fully saturated rings. The zero-order chi connectivity index (χ0) is 16.9. The molecule has 0 radical (unpaired) electrons. The number of hydrogen-bond acceptors (Lipinski definition) is 3. The maximum absolute atomic E-state index is 12.5. The Kier molecular flexibility index (Phi) is 5.51. The van der Waals surface area contributed by atoms with E-state index < -0.39 is 0 Å². The number of hydrogen-bond donors (Lipinski definition) is 0. The molecule has 2 aliphatic heterocycles. The number of para-hydroxylation sites is 1. The van der Waals surface area contributed by atoms with Gasteiger partial charge in [0.05, 0.1) is 6.54 Å². The highest BCUT2D eigenvalue weighted by molar-refractivity contribution is 5.94. The fourth-order valence-electron chi connectivity index (χ4n) is 3.63. The normalized spacial score (nSPS) is 19.5. The third-order valence-corrected chi connectivity index (χ3v) is 5.23. The van der Waals surface area contributed by atoms with Crippen molar-refractivity contribution in [3.63, 3.8) is 0 Å². The number of nitrogens with zero attached hydrogens (tertiary/aromatic N) is 3. The van der Waals surface area contributed by atoms with Crippen molar-refractivity contribution in [2.45, 2.75) is 25.7 Å². The van der Waals surface area contributed by atoms with Crippen LogP contribution in [-0.2, 0) is 9.59 Å². The van der Waals surface area contributed by atoms with Crippen molar-refractivity contribution in [2.24, 2.45) is 5.92 Å².